The average molecular weight is 324 g/mol. The highest BCUT2D eigenvalue weighted by Crippen LogP contribution is 2.41. The molecule has 0 aliphatic rings. The maximum absolute atomic E-state index is 12.3. The lowest BCUT2D eigenvalue weighted by Gasteiger charge is -2.11. The third-order valence-electron chi connectivity index (χ3n) is 2.17. The predicted molar refractivity (Wildman–Crippen MR) is 68.4 cm³/mol. The van der Waals surface area contributed by atoms with Gasteiger partial charge in [0.05, 0.1) is 23.6 Å². The van der Waals surface area contributed by atoms with Crippen molar-refractivity contribution in [3.8, 4) is 6.07 Å². The first kappa shape index (κ1) is 16.7. The van der Waals surface area contributed by atoms with Crippen LogP contribution < -0.4 is 0 Å². The Morgan fingerprint density at radius 2 is 2.15 bits per heavy atom. The molecule has 1 aromatic carbocycles. The number of halogens is 4. The molecule has 0 aliphatic carbocycles. The van der Waals surface area contributed by atoms with Crippen molar-refractivity contribution in [3.05, 3.63) is 28.3 Å². The van der Waals surface area contributed by atoms with Crippen molar-refractivity contribution in [1.82, 2.24) is 0 Å². The van der Waals surface area contributed by atoms with E-state index in [-0.39, 0.29) is 34.1 Å². The van der Waals surface area contributed by atoms with Gasteiger partial charge >= 0.3 is 11.5 Å². The predicted octanol–water partition coefficient (Wildman–Crippen LogP) is 3.93. The number of hydrogen-bond acceptors (Lipinski definition) is 4. The van der Waals surface area contributed by atoms with E-state index in [9.17, 15) is 18.0 Å². The first-order valence-corrected chi connectivity index (χ1v) is 6.60. The van der Waals surface area contributed by atoms with E-state index in [0.717, 1.165) is 6.07 Å². The Bertz CT molecular complexity index is 555. The molecule has 8 heteroatoms. The van der Waals surface area contributed by atoms with Crippen molar-refractivity contribution in [2.24, 2.45) is 0 Å². The van der Waals surface area contributed by atoms with Crippen LogP contribution in [0.15, 0.2) is 17.0 Å². The van der Waals surface area contributed by atoms with Crippen LogP contribution in [-0.2, 0) is 16.0 Å². The number of esters is 1. The molecule has 0 bridgehead atoms. The molecule has 3 nitrogen and oxygen atoms in total. The summed E-state index contributed by atoms with van der Waals surface area (Å²) in [6.45, 7) is 1.80. The molecule has 0 fully saturated rings. The van der Waals surface area contributed by atoms with Gasteiger partial charge in [-0.3, -0.25) is 4.79 Å². The van der Waals surface area contributed by atoms with Crippen molar-refractivity contribution in [2.45, 2.75) is 23.7 Å². The molecular weight excluding hydrogens is 315 g/mol. The molecule has 1 rings (SSSR count). The third kappa shape index (κ3) is 4.62. The minimum absolute atomic E-state index is 0.144. The van der Waals surface area contributed by atoms with Gasteiger partial charge in [0.15, 0.2) is 0 Å². The van der Waals surface area contributed by atoms with E-state index in [4.69, 9.17) is 21.6 Å². The minimum atomic E-state index is -4.50. The summed E-state index contributed by atoms with van der Waals surface area (Å²) < 4.78 is 41.7. The first-order valence-electron chi connectivity index (χ1n) is 5.41. The number of alkyl halides is 3. The Balaban J connectivity index is 3.09. The summed E-state index contributed by atoms with van der Waals surface area (Å²) in [4.78, 5) is 11.1. The summed E-state index contributed by atoms with van der Waals surface area (Å²) in [5, 5.41) is 8.68. The Labute approximate surface area is 122 Å². The van der Waals surface area contributed by atoms with Crippen molar-refractivity contribution in [2.75, 3.05) is 6.61 Å². The average Bonchev–Trinajstić information content (AvgIpc) is 2.32. The SMILES string of the molecule is CCOC(=O)Cc1ccc(SC(F)(F)F)c(Cl)c1C#N. The number of rotatable bonds is 4. The zero-order valence-corrected chi connectivity index (χ0v) is 11.8. The van der Waals surface area contributed by atoms with Crippen molar-refractivity contribution < 1.29 is 22.7 Å². The molecule has 0 N–H and O–H groups in total. The molecule has 0 aliphatic heterocycles. The molecule has 0 amide bonds. The van der Waals surface area contributed by atoms with Gasteiger partial charge in [-0.25, -0.2) is 0 Å². The largest absolute Gasteiger partial charge is 0.466 e. The molecule has 0 spiro atoms. The summed E-state index contributed by atoms with van der Waals surface area (Å²) in [7, 11) is 0. The van der Waals surface area contributed by atoms with Gasteiger partial charge in [-0.2, -0.15) is 18.4 Å². The standard InChI is InChI=1S/C12H9ClF3NO2S/c1-2-19-10(18)5-7-3-4-9(20-12(14,15)16)11(13)8(7)6-17/h3-4H,2,5H2,1H3. The van der Waals surface area contributed by atoms with Crippen LogP contribution in [0.1, 0.15) is 18.1 Å². The maximum atomic E-state index is 12.3. The highest BCUT2D eigenvalue weighted by molar-refractivity contribution is 8.00. The van der Waals surface area contributed by atoms with Gasteiger partial charge in [0.1, 0.15) is 6.07 Å². The van der Waals surface area contributed by atoms with Gasteiger partial charge in [0.2, 0.25) is 0 Å². The molecule has 0 unspecified atom stereocenters. The summed E-state index contributed by atoms with van der Waals surface area (Å²) in [6, 6.07) is 4.13. The van der Waals surface area contributed by atoms with E-state index < -0.39 is 23.2 Å². The zero-order chi connectivity index (χ0) is 15.3. The normalized spacial score (nSPS) is 11.0. The molecule has 0 radical (unpaired) electrons. The summed E-state index contributed by atoms with van der Waals surface area (Å²) in [5.74, 6) is -0.573. The number of nitrogens with zero attached hydrogens (tertiary/aromatic N) is 1. The molecule has 108 valence electrons. The smallest absolute Gasteiger partial charge is 0.446 e. The lowest BCUT2D eigenvalue weighted by molar-refractivity contribution is -0.142. The lowest BCUT2D eigenvalue weighted by atomic mass is 10.1. The number of carbonyl (C=O) groups excluding carboxylic acids is 1. The van der Waals surface area contributed by atoms with Gasteiger partial charge in [-0.15, -0.1) is 0 Å². The van der Waals surface area contributed by atoms with Crippen LogP contribution in [0.2, 0.25) is 5.02 Å². The van der Waals surface area contributed by atoms with Gasteiger partial charge in [0.25, 0.3) is 0 Å². The fourth-order valence-electron chi connectivity index (χ4n) is 1.44. The van der Waals surface area contributed by atoms with Crippen LogP contribution in [0.4, 0.5) is 13.2 Å². The van der Waals surface area contributed by atoms with Gasteiger partial charge < -0.3 is 4.74 Å². The fourth-order valence-corrected chi connectivity index (χ4v) is 2.36. The van der Waals surface area contributed by atoms with Gasteiger partial charge in [0, 0.05) is 4.90 Å². The van der Waals surface area contributed by atoms with Crippen LogP contribution >= 0.6 is 23.4 Å². The highest BCUT2D eigenvalue weighted by atomic mass is 35.5. The second-order valence-corrected chi connectivity index (χ2v) is 5.04. The summed E-state index contributed by atoms with van der Waals surface area (Å²) in [5.41, 5.74) is -4.41. The molecule has 0 saturated heterocycles. The van der Waals surface area contributed by atoms with Crippen molar-refractivity contribution in [1.29, 1.82) is 5.26 Å². The van der Waals surface area contributed by atoms with E-state index >= 15 is 0 Å². The van der Waals surface area contributed by atoms with E-state index in [1.54, 1.807) is 13.0 Å². The number of benzene rings is 1. The maximum Gasteiger partial charge on any atom is 0.446 e. The fraction of sp³-hybridized carbons (Fsp3) is 0.333. The van der Waals surface area contributed by atoms with Crippen molar-refractivity contribution >= 4 is 29.3 Å². The molecule has 0 heterocycles. The zero-order valence-electron chi connectivity index (χ0n) is 10.3. The third-order valence-corrected chi connectivity index (χ3v) is 3.47. The number of thioether (sulfide) groups is 1. The summed E-state index contributed by atoms with van der Waals surface area (Å²) >= 11 is 5.38. The minimum Gasteiger partial charge on any atom is -0.466 e. The molecule has 0 saturated carbocycles. The summed E-state index contributed by atoms with van der Waals surface area (Å²) in [6.07, 6.45) is -0.215. The molecule has 20 heavy (non-hydrogen) atoms. The van der Waals surface area contributed by atoms with E-state index in [1.165, 1.54) is 6.07 Å². The lowest BCUT2D eigenvalue weighted by Crippen LogP contribution is -2.09. The van der Waals surface area contributed by atoms with E-state index in [0.29, 0.717) is 0 Å². The number of hydrogen-bond donors (Lipinski definition) is 0. The van der Waals surface area contributed by atoms with Crippen LogP contribution in [0.5, 0.6) is 0 Å². The van der Waals surface area contributed by atoms with Crippen LogP contribution in [0.3, 0.4) is 0 Å². The highest BCUT2D eigenvalue weighted by Gasteiger charge is 2.31. The molecule has 1 aromatic rings. The van der Waals surface area contributed by atoms with Gasteiger partial charge in [-0.1, -0.05) is 17.7 Å². The number of nitriles is 1. The Hall–Kier alpha value is -1.39. The molecule has 0 aromatic heterocycles. The van der Waals surface area contributed by atoms with E-state index in [2.05, 4.69) is 0 Å². The number of ether oxygens (including phenoxy) is 1. The molecular formula is C12H9ClF3NO2S. The molecule has 0 atom stereocenters. The second-order valence-electron chi connectivity index (χ2n) is 3.55. The number of carbonyl (C=O) groups is 1. The van der Waals surface area contributed by atoms with Crippen LogP contribution in [0, 0.1) is 11.3 Å². The van der Waals surface area contributed by atoms with E-state index in [1.807, 2.05) is 0 Å². The Morgan fingerprint density at radius 3 is 2.65 bits per heavy atom. The van der Waals surface area contributed by atoms with Crippen LogP contribution in [0.25, 0.3) is 0 Å². The quantitative estimate of drug-likeness (QED) is 0.622. The van der Waals surface area contributed by atoms with Crippen molar-refractivity contribution in [3.63, 3.8) is 0 Å². The Morgan fingerprint density at radius 1 is 1.50 bits per heavy atom. The topological polar surface area (TPSA) is 50.1 Å². The Kier molecular flexibility index (Phi) is 5.72. The monoisotopic (exact) mass is 323 g/mol. The van der Waals surface area contributed by atoms with Gasteiger partial charge in [-0.05, 0) is 30.3 Å². The van der Waals surface area contributed by atoms with Crippen LogP contribution in [-0.4, -0.2) is 18.1 Å². The second kappa shape index (κ2) is 6.86. The first-order chi connectivity index (χ1) is 9.28.